The van der Waals surface area contributed by atoms with Crippen molar-refractivity contribution in [2.75, 3.05) is 45.9 Å². The molecule has 1 unspecified atom stereocenters. The van der Waals surface area contributed by atoms with E-state index in [-0.39, 0.29) is 5.91 Å². The summed E-state index contributed by atoms with van der Waals surface area (Å²) in [6.45, 7) is 8.36. The molecule has 0 bridgehead atoms. The minimum atomic E-state index is 0.0295. The van der Waals surface area contributed by atoms with Crippen LogP contribution in [0.5, 0.6) is 5.75 Å². The number of aromatic nitrogens is 1. The molecule has 0 saturated carbocycles. The predicted molar refractivity (Wildman–Crippen MR) is 157 cm³/mol. The van der Waals surface area contributed by atoms with Crippen LogP contribution in [0.4, 0.5) is 0 Å². The molecule has 39 heavy (non-hydrogen) atoms. The third kappa shape index (κ3) is 8.15. The second-order valence-electron chi connectivity index (χ2n) is 10.5. The van der Waals surface area contributed by atoms with E-state index in [2.05, 4.69) is 45.1 Å². The lowest BCUT2D eigenvalue weighted by atomic mass is 9.99. The van der Waals surface area contributed by atoms with Gasteiger partial charge in [0.05, 0.1) is 6.61 Å². The Hall–Kier alpha value is -3.19. The Morgan fingerprint density at radius 1 is 0.923 bits per heavy atom. The Balaban J connectivity index is 1.03. The van der Waals surface area contributed by atoms with Crippen molar-refractivity contribution in [3.63, 3.8) is 0 Å². The first-order valence-corrected chi connectivity index (χ1v) is 14.3. The number of amides is 1. The quantitative estimate of drug-likeness (QED) is 0.338. The summed E-state index contributed by atoms with van der Waals surface area (Å²) in [6.07, 6.45) is 9.28. The zero-order valence-corrected chi connectivity index (χ0v) is 23.2. The summed E-state index contributed by atoms with van der Waals surface area (Å²) >= 11 is 6.21. The van der Waals surface area contributed by atoms with Crippen molar-refractivity contribution >= 4 is 23.6 Å². The van der Waals surface area contributed by atoms with Crippen molar-refractivity contribution < 1.29 is 9.53 Å². The molecule has 1 amide bonds. The molecule has 0 spiro atoms. The topological polar surface area (TPSA) is 48.9 Å². The molecule has 0 aliphatic carbocycles. The van der Waals surface area contributed by atoms with Crippen molar-refractivity contribution in [1.29, 1.82) is 0 Å². The summed E-state index contributed by atoms with van der Waals surface area (Å²) in [6, 6.07) is 20.2. The molecule has 7 heteroatoms. The van der Waals surface area contributed by atoms with E-state index < -0.39 is 0 Å². The molecule has 0 N–H and O–H groups in total. The number of carbonyl (C=O) groups is 1. The van der Waals surface area contributed by atoms with E-state index >= 15 is 0 Å². The number of benzene rings is 2. The summed E-state index contributed by atoms with van der Waals surface area (Å²) in [5.41, 5.74) is 3.44. The second kappa shape index (κ2) is 13.7. The Morgan fingerprint density at radius 3 is 2.38 bits per heavy atom. The summed E-state index contributed by atoms with van der Waals surface area (Å²) in [5, 5.41) is 0.650. The van der Waals surface area contributed by atoms with E-state index in [1.807, 2.05) is 47.6 Å². The normalized spacial score (nSPS) is 18.9. The Morgan fingerprint density at radius 2 is 1.67 bits per heavy atom. The van der Waals surface area contributed by atoms with E-state index in [1.54, 1.807) is 12.2 Å². The summed E-state index contributed by atoms with van der Waals surface area (Å²) < 4.78 is 6.14. The molecule has 2 saturated heterocycles. The molecular weight excluding hydrogens is 508 g/mol. The van der Waals surface area contributed by atoms with Crippen molar-refractivity contribution in [3.05, 3.63) is 101 Å². The molecule has 3 heterocycles. The van der Waals surface area contributed by atoms with Gasteiger partial charge in [-0.3, -0.25) is 19.6 Å². The number of halogens is 1. The standard InChI is InChI=1S/C32H37ClN4O2/c33-31-8-2-1-7-29(31)11-14-32(38)37-16-4-6-28(24-37)25-39-30-12-9-26(10-13-30)22-35-17-19-36(20-18-35)23-27-5-3-15-34-21-27/h1-3,5,7-15,21,28H,4,6,16-20,22-25H2. The van der Waals surface area contributed by atoms with Crippen LogP contribution in [0.25, 0.3) is 6.08 Å². The van der Waals surface area contributed by atoms with Crippen LogP contribution in [0.15, 0.2) is 79.1 Å². The second-order valence-corrected chi connectivity index (χ2v) is 10.9. The smallest absolute Gasteiger partial charge is 0.246 e. The maximum absolute atomic E-state index is 12.7. The number of likely N-dealkylation sites (tertiary alicyclic amines) is 1. The lowest BCUT2D eigenvalue weighted by Gasteiger charge is -2.34. The first-order chi connectivity index (χ1) is 19.1. The Kier molecular flexibility index (Phi) is 9.65. The zero-order valence-electron chi connectivity index (χ0n) is 22.4. The number of ether oxygens (including phenoxy) is 1. The van der Waals surface area contributed by atoms with Gasteiger partial charge in [0.25, 0.3) is 0 Å². The lowest BCUT2D eigenvalue weighted by Crippen LogP contribution is -2.45. The number of carbonyl (C=O) groups excluding carboxylic acids is 1. The number of hydrogen-bond acceptors (Lipinski definition) is 5. The molecule has 6 nitrogen and oxygen atoms in total. The van der Waals surface area contributed by atoms with Gasteiger partial charge in [-0.25, -0.2) is 0 Å². The number of piperidine rings is 1. The number of hydrogen-bond donors (Lipinski definition) is 0. The molecule has 1 aromatic heterocycles. The number of nitrogens with zero attached hydrogens (tertiary/aromatic N) is 4. The van der Waals surface area contributed by atoms with Gasteiger partial charge in [0.1, 0.15) is 5.75 Å². The molecular formula is C32H37ClN4O2. The maximum atomic E-state index is 12.7. The van der Waals surface area contributed by atoms with Gasteiger partial charge in [0.2, 0.25) is 5.91 Å². The van der Waals surface area contributed by atoms with Gasteiger partial charge in [-0.2, -0.15) is 0 Å². The van der Waals surface area contributed by atoms with Crippen LogP contribution in [-0.2, 0) is 17.9 Å². The highest BCUT2D eigenvalue weighted by Crippen LogP contribution is 2.21. The van der Waals surface area contributed by atoms with Crippen molar-refractivity contribution in [2.24, 2.45) is 5.92 Å². The van der Waals surface area contributed by atoms with Gasteiger partial charge in [-0.05, 0) is 59.9 Å². The van der Waals surface area contributed by atoms with Crippen molar-refractivity contribution in [1.82, 2.24) is 19.7 Å². The fraction of sp³-hybridized carbons (Fsp3) is 0.375. The van der Waals surface area contributed by atoms with E-state index in [1.165, 1.54) is 11.1 Å². The molecule has 5 rings (SSSR count). The first kappa shape index (κ1) is 27.4. The average Bonchev–Trinajstić information content (AvgIpc) is 2.98. The van der Waals surface area contributed by atoms with Crippen LogP contribution in [0, 0.1) is 5.92 Å². The van der Waals surface area contributed by atoms with Crippen LogP contribution in [-0.4, -0.2) is 71.5 Å². The van der Waals surface area contributed by atoms with E-state index in [0.29, 0.717) is 17.5 Å². The highest BCUT2D eigenvalue weighted by Gasteiger charge is 2.23. The van der Waals surface area contributed by atoms with Gasteiger partial charge >= 0.3 is 0 Å². The van der Waals surface area contributed by atoms with Gasteiger partial charge in [0, 0.05) is 81.8 Å². The third-order valence-electron chi connectivity index (χ3n) is 7.55. The molecule has 2 aliphatic rings. The highest BCUT2D eigenvalue weighted by molar-refractivity contribution is 6.32. The number of rotatable bonds is 9. The SMILES string of the molecule is O=C(C=Cc1ccccc1Cl)N1CCCC(COc2ccc(CN3CCN(Cc4cccnc4)CC3)cc2)C1. The predicted octanol–water partition coefficient (Wildman–Crippen LogP) is 5.38. The summed E-state index contributed by atoms with van der Waals surface area (Å²) in [7, 11) is 0. The molecule has 0 radical (unpaired) electrons. The Labute approximate surface area is 236 Å². The van der Waals surface area contributed by atoms with Crippen LogP contribution in [0.3, 0.4) is 0 Å². The van der Waals surface area contributed by atoms with Gasteiger partial charge < -0.3 is 9.64 Å². The highest BCUT2D eigenvalue weighted by atomic mass is 35.5. The van der Waals surface area contributed by atoms with Gasteiger partial charge in [0.15, 0.2) is 0 Å². The minimum absolute atomic E-state index is 0.0295. The van der Waals surface area contributed by atoms with Crippen LogP contribution < -0.4 is 4.74 Å². The first-order valence-electron chi connectivity index (χ1n) is 13.9. The van der Waals surface area contributed by atoms with Crippen LogP contribution in [0.2, 0.25) is 5.02 Å². The van der Waals surface area contributed by atoms with Crippen molar-refractivity contribution in [3.8, 4) is 5.75 Å². The number of piperazine rings is 1. The maximum Gasteiger partial charge on any atom is 0.246 e. The monoisotopic (exact) mass is 544 g/mol. The van der Waals surface area contributed by atoms with Crippen LogP contribution >= 0.6 is 11.6 Å². The van der Waals surface area contributed by atoms with Gasteiger partial charge in [-0.15, -0.1) is 0 Å². The lowest BCUT2D eigenvalue weighted by molar-refractivity contribution is -0.127. The molecule has 204 valence electrons. The van der Waals surface area contributed by atoms with Gasteiger partial charge in [-0.1, -0.05) is 48.0 Å². The van der Waals surface area contributed by atoms with Crippen LogP contribution in [0.1, 0.15) is 29.5 Å². The molecule has 2 aliphatic heterocycles. The van der Waals surface area contributed by atoms with Crippen molar-refractivity contribution in [2.45, 2.75) is 25.9 Å². The summed E-state index contributed by atoms with van der Waals surface area (Å²) in [5.74, 6) is 1.25. The minimum Gasteiger partial charge on any atom is -0.493 e. The van der Waals surface area contributed by atoms with E-state index in [9.17, 15) is 4.79 Å². The van der Waals surface area contributed by atoms with E-state index in [4.69, 9.17) is 16.3 Å². The molecule has 3 aromatic rings. The zero-order chi connectivity index (χ0) is 26.9. The fourth-order valence-electron chi connectivity index (χ4n) is 5.30. The van der Waals surface area contributed by atoms with E-state index in [0.717, 1.165) is 76.5 Å². The number of pyridine rings is 1. The average molecular weight is 545 g/mol. The third-order valence-corrected chi connectivity index (χ3v) is 7.89. The molecule has 2 aromatic carbocycles. The molecule has 2 fully saturated rings. The Bertz CT molecular complexity index is 1230. The summed E-state index contributed by atoms with van der Waals surface area (Å²) in [4.78, 5) is 23.9. The molecule has 1 atom stereocenters. The largest absolute Gasteiger partial charge is 0.493 e. The fourth-order valence-corrected chi connectivity index (χ4v) is 5.50.